The maximum atomic E-state index is 12.0. The van der Waals surface area contributed by atoms with Crippen LogP contribution < -0.4 is 4.72 Å². The van der Waals surface area contributed by atoms with E-state index in [9.17, 15) is 18.3 Å². The van der Waals surface area contributed by atoms with Gasteiger partial charge in [0.2, 0.25) is 10.0 Å². The molecule has 0 amide bonds. The van der Waals surface area contributed by atoms with Gasteiger partial charge in [-0.2, -0.15) is 0 Å². The third kappa shape index (κ3) is 4.25. The highest BCUT2D eigenvalue weighted by molar-refractivity contribution is 9.10. The number of carboxylic acids is 1. The monoisotopic (exact) mass is 367 g/mol. The molecule has 4 N–H and O–H groups in total. The molecule has 1 aromatic rings. The zero-order chi connectivity index (χ0) is 15.6. The maximum absolute atomic E-state index is 12.0. The van der Waals surface area contributed by atoms with Crippen molar-refractivity contribution in [1.82, 2.24) is 4.72 Å². The van der Waals surface area contributed by atoms with Crippen molar-refractivity contribution in [2.75, 3.05) is 13.2 Å². The Hall–Kier alpha value is -1.00. The van der Waals surface area contributed by atoms with Crippen LogP contribution in [0.15, 0.2) is 27.6 Å². The molecule has 0 aliphatic heterocycles. The third-order valence-electron chi connectivity index (χ3n) is 2.46. The number of carboxylic acid groups (broad SMARTS) is 1. The molecular weight excluding hydrogens is 354 g/mol. The number of benzene rings is 1. The van der Waals surface area contributed by atoms with Crippen molar-refractivity contribution >= 4 is 31.9 Å². The molecule has 0 spiro atoms. The zero-order valence-corrected chi connectivity index (χ0v) is 12.9. The quantitative estimate of drug-likeness (QED) is 0.568. The average Bonchev–Trinajstić information content (AvgIpc) is 2.36. The van der Waals surface area contributed by atoms with Crippen molar-refractivity contribution in [2.45, 2.75) is 17.4 Å². The molecule has 0 fully saturated rings. The van der Waals surface area contributed by atoms with Crippen molar-refractivity contribution in [3.05, 3.63) is 28.2 Å². The van der Waals surface area contributed by atoms with E-state index in [2.05, 4.69) is 20.7 Å². The SMILES string of the molecule is CC(O)(CO)CNS(=O)(=O)c1ccc(Br)c(C(=O)O)c1. The Kier molecular flexibility index (Phi) is 5.27. The van der Waals surface area contributed by atoms with Crippen LogP contribution in [0.2, 0.25) is 0 Å². The molecule has 1 aromatic carbocycles. The van der Waals surface area contributed by atoms with Gasteiger partial charge in [0.05, 0.1) is 22.7 Å². The minimum absolute atomic E-state index is 0.193. The zero-order valence-electron chi connectivity index (χ0n) is 10.5. The molecule has 1 unspecified atom stereocenters. The van der Waals surface area contributed by atoms with E-state index in [-0.39, 0.29) is 14.9 Å². The number of hydrogen-bond donors (Lipinski definition) is 4. The minimum atomic E-state index is -3.98. The van der Waals surface area contributed by atoms with Crippen LogP contribution in [0, 0.1) is 0 Å². The molecule has 0 saturated carbocycles. The Morgan fingerprint density at radius 3 is 2.55 bits per heavy atom. The van der Waals surface area contributed by atoms with E-state index in [4.69, 9.17) is 10.2 Å². The van der Waals surface area contributed by atoms with Crippen LogP contribution in [0.1, 0.15) is 17.3 Å². The Labute approximate surface area is 124 Å². The van der Waals surface area contributed by atoms with E-state index >= 15 is 0 Å². The van der Waals surface area contributed by atoms with Crippen molar-refractivity contribution in [2.24, 2.45) is 0 Å². The number of sulfonamides is 1. The number of hydrogen-bond acceptors (Lipinski definition) is 5. The van der Waals surface area contributed by atoms with Gasteiger partial charge < -0.3 is 15.3 Å². The normalized spacial score (nSPS) is 14.8. The summed E-state index contributed by atoms with van der Waals surface area (Å²) in [6.07, 6.45) is 0. The summed E-state index contributed by atoms with van der Waals surface area (Å²) < 4.78 is 26.3. The fourth-order valence-corrected chi connectivity index (χ4v) is 2.83. The van der Waals surface area contributed by atoms with E-state index in [1.54, 1.807) is 0 Å². The third-order valence-corrected chi connectivity index (χ3v) is 4.55. The summed E-state index contributed by atoms with van der Waals surface area (Å²) in [4.78, 5) is 10.7. The largest absolute Gasteiger partial charge is 0.478 e. The lowest BCUT2D eigenvalue weighted by atomic mass is 10.1. The van der Waals surface area contributed by atoms with Crippen LogP contribution in [0.5, 0.6) is 0 Å². The van der Waals surface area contributed by atoms with Gasteiger partial charge in [-0.15, -0.1) is 0 Å². The molecule has 0 aliphatic carbocycles. The van der Waals surface area contributed by atoms with Gasteiger partial charge in [0, 0.05) is 11.0 Å². The molecule has 0 heterocycles. The summed E-state index contributed by atoms with van der Waals surface area (Å²) >= 11 is 3.01. The van der Waals surface area contributed by atoms with Gasteiger partial charge in [0.1, 0.15) is 0 Å². The number of carbonyl (C=O) groups is 1. The molecule has 112 valence electrons. The standard InChI is InChI=1S/C11H14BrNO6S/c1-11(17,6-14)5-13-20(18,19)7-2-3-9(12)8(4-7)10(15)16/h2-4,13-14,17H,5-6H2,1H3,(H,15,16). The molecule has 0 aromatic heterocycles. The number of aromatic carboxylic acids is 1. The molecule has 1 atom stereocenters. The van der Waals surface area contributed by atoms with Crippen molar-refractivity contribution < 1.29 is 28.5 Å². The van der Waals surface area contributed by atoms with Crippen LogP contribution in [0.3, 0.4) is 0 Å². The molecule has 0 bridgehead atoms. The number of halogens is 1. The Bertz CT molecular complexity index is 613. The molecule has 9 heteroatoms. The Morgan fingerprint density at radius 2 is 2.05 bits per heavy atom. The van der Waals surface area contributed by atoms with Gasteiger partial charge in [-0.25, -0.2) is 17.9 Å². The first-order valence-electron chi connectivity index (χ1n) is 5.45. The first-order chi connectivity index (χ1) is 9.09. The minimum Gasteiger partial charge on any atom is -0.478 e. The van der Waals surface area contributed by atoms with E-state index in [1.165, 1.54) is 19.1 Å². The second-order valence-electron chi connectivity index (χ2n) is 4.43. The van der Waals surface area contributed by atoms with Gasteiger partial charge in [-0.1, -0.05) is 0 Å². The molecule has 0 aliphatic rings. The highest BCUT2D eigenvalue weighted by Crippen LogP contribution is 2.21. The summed E-state index contributed by atoms with van der Waals surface area (Å²) in [5.41, 5.74) is -1.79. The lowest BCUT2D eigenvalue weighted by molar-refractivity contribution is 0.00681. The Morgan fingerprint density at radius 1 is 1.45 bits per heavy atom. The number of aliphatic hydroxyl groups excluding tert-OH is 1. The summed E-state index contributed by atoms with van der Waals surface area (Å²) in [7, 11) is -3.98. The second-order valence-corrected chi connectivity index (χ2v) is 7.05. The fraction of sp³-hybridized carbons (Fsp3) is 0.364. The first-order valence-corrected chi connectivity index (χ1v) is 7.72. The number of nitrogens with one attached hydrogen (secondary N) is 1. The van der Waals surface area contributed by atoms with Crippen LogP contribution in [0.25, 0.3) is 0 Å². The van der Waals surface area contributed by atoms with Crippen molar-refractivity contribution in [1.29, 1.82) is 0 Å². The van der Waals surface area contributed by atoms with Crippen LogP contribution in [0.4, 0.5) is 0 Å². The van der Waals surface area contributed by atoms with Crippen molar-refractivity contribution in [3.8, 4) is 0 Å². The molecule has 7 nitrogen and oxygen atoms in total. The average molecular weight is 368 g/mol. The topological polar surface area (TPSA) is 124 Å². The maximum Gasteiger partial charge on any atom is 0.336 e. The lowest BCUT2D eigenvalue weighted by Crippen LogP contribution is -2.43. The van der Waals surface area contributed by atoms with Crippen LogP contribution in [-0.2, 0) is 10.0 Å². The van der Waals surface area contributed by atoms with E-state index in [0.29, 0.717) is 0 Å². The highest BCUT2D eigenvalue weighted by atomic mass is 79.9. The summed E-state index contributed by atoms with van der Waals surface area (Å²) in [5, 5.41) is 27.3. The summed E-state index contributed by atoms with van der Waals surface area (Å²) in [5.74, 6) is -1.27. The van der Waals surface area contributed by atoms with Gasteiger partial charge in [-0.3, -0.25) is 0 Å². The highest BCUT2D eigenvalue weighted by Gasteiger charge is 2.24. The van der Waals surface area contributed by atoms with Crippen LogP contribution >= 0.6 is 15.9 Å². The van der Waals surface area contributed by atoms with Gasteiger partial charge in [0.15, 0.2) is 0 Å². The molecule has 0 radical (unpaired) electrons. The van der Waals surface area contributed by atoms with Gasteiger partial charge in [-0.05, 0) is 41.1 Å². The summed E-state index contributed by atoms with van der Waals surface area (Å²) in [6, 6.07) is 3.54. The lowest BCUT2D eigenvalue weighted by Gasteiger charge is -2.20. The Balaban J connectivity index is 3.05. The molecular formula is C11H14BrNO6S. The molecule has 1 rings (SSSR count). The van der Waals surface area contributed by atoms with E-state index in [1.807, 2.05) is 0 Å². The smallest absolute Gasteiger partial charge is 0.336 e. The first kappa shape index (κ1) is 17.1. The fourth-order valence-electron chi connectivity index (χ4n) is 1.23. The van der Waals surface area contributed by atoms with Gasteiger partial charge >= 0.3 is 5.97 Å². The predicted octanol–water partition coefficient (Wildman–Crippen LogP) is 0.169. The van der Waals surface area contributed by atoms with E-state index < -0.39 is 34.7 Å². The number of rotatable bonds is 6. The molecule has 20 heavy (non-hydrogen) atoms. The predicted molar refractivity (Wildman–Crippen MR) is 74.0 cm³/mol. The molecule has 0 saturated heterocycles. The van der Waals surface area contributed by atoms with Crippen LogP contribution in [-0.4, -0.2) is 48.5 Å². The van der Waals surface area contributed by atoms with Gasteiger partial charge in [0.25, 0.3) is 0 Å². The van der Waals surface area contributed by atoms with E-state index in [0.717, 1.165) is 6.07 Å². The summed E-state index contributed by atoms with van der Waals surface area (Å²) in [6.45, 7) is 0.250. The number of aliphatic hydroxyl groups is 2. The second kappa shape index (κ2) is 6.19. The van der Waals surface area contributed by atoms with Crippen molar-refractivity contribution in [3.63, 3.8) is 0 Å².